The Morgan fingerprint density at radius 3 is 3.07 bits per heavy atom. The maximum Gasteiger partial charge on any atom is 0.288 e. The van der Waals surface area contributed by atoms with Gasteiger partial charge in [-0.3, -0.25) is 9.59 Å². The molecule has 5 nitrogen and oxygen atoms in total. The Balaban J connectivity index is 2.39. The van der Waals surface area contributed by atoms with E-state index < -0.39 is 5.91 Å². The summed E-state index contributed by atoms with van der Waals surface area (Å²) in [7, 11) is 1.89. The van der Waals surface area contributed by atoms with Crippen LogP contribution in [0.1, 0.15) is 0 Å². The lowest BCUT2D eigenvalue weighted by atomic mass is 10.2. The number of amides is 1. The number of aldehydes is 1. The van der Waals surface area contributed by atoms with E-state index in [2.05, 4.69) is 10.3 Å². The largest absolute Gasteiger partial charge is 0.334 e. The summed E-state index contributed by atoms with van der Waals surface area (Å²) < 4.78 is 1.88. The maximum atomic E-state index is 10.8. The van der Waals surface area contributed by atoms with Gasteiger partial charge in [-0.1, -0.05) is 0 Å². The number of rotatable bonds is 2. The van der Waals surface area contributed by atoms with E-state index in [1.54, 1.807) is 18.5 Å². The highest BCUT2D eigenvalue weighted by molar-refractivity contribution is 6.29. The molecule has 0 aliphatic rings. The van der Waals surface area contributed by atoms with Gasteiger partial charge in [0.25, 0.3) is 5.91 Å². The molecule has 0 unspecified atom stereocenters. The first-order valence-electron chi connectivity index (χ1n) is 4.38. The summed E-state index contributed by atoms with van der Waals surface area (Å²) in [4.78, 5) is 25.1. The standard InChI is InChI=1S/C10H9N3O2/c1-13-6-11-8-4-7(2-3-9(8)13)12-10(15)5-14/h2-6H,1H3,(H,12,15). The van der Waals surface area contributed by atoms with Gasteiger partial charge in [-0.15, -0.1) is 0 Å². The number of fused-ring (bicyclic) bond motifs is 1. The monoisotopic (exact) mass is 203 g/mol. The molecule has 0 radical (unpaired) electrons. The number of nitrogens with one attached hydrogen (secondary N) is 1. The van der Waals surface area contributed by atoms with Crippen LogP contribution in [0.5, 0.6) is 0 Å². The molecule has 1 N–H and O–H groups in total. The molecule has 1 amide bonds. The summed E-state index contributed by atoms with van der Waals surface area (Å²) in [5.74, 6) is -0.662. The van der Waals surface area contributed by atoms with Gasteiger partial charge < -0.3 is 9.88 Å². The van der Waals surface area contributed by atoms with Crippen LogP contribution in [0.3, 0.4) is 0 Å². The molecule has 1 aromatic carbocycles. The van der Waals surface area contributed by atoms with Crippen molar-refractivity contribution in [2.24, 2.45) is 7.05 Å². The Hall–Kier alpha value is -2.17. The lowest BCUT2D eigenvalue weighted by Crippen LogP contribution is -2.11. The Morgan fingerprint density at radius 2 is 2.33 bits per heavy atom. The molecule has 1 aromatic heterocycles. The zero-order valence-electron chi connectivity index (χ0n) is 8.10. The van der Waals surface area contributed by atoms with Crippen molar-refractivity contribution in [1.29, 1.82) is 0 Å². The SMILES string of the molecule is Cn1cnc2cc(NC(=O)C=O)ccc21. The average Bonchev–Trinajstić information content (AvgIpc) is 2.60. The van der Waals surface area contributed by atoms with Crippen LogP contribution in [-0.2, 0) is 16.6 Å². The molecule has 0 aliphatic heterocycles. The minimum Gasteiger partial charge on any atom is -0.334 e. The minimum absolute atomic E-state index is 0.239. The number of anilines is 1. The highest BCUT2D eigenvalue weighted by Gasteiger charge is 2.03. The van der Waals surface area contributed by atoms with Crippen molar-refractivity contribution in [2.45, 2.75) is 0 Å². The van der Waals surface area contributed by atoms with Crippen molar-refractivity contribution in [3.05, 3.63) is 24.5 Å². The Labute approximate surface area is 85.7 Å². The number of nitrogens with zero attached hydrogens (tertiary/aromatic N) is 2. The van der Waals surface area contributed by atoms with E-state index in [-0.39, 0.29) is 6.29 Å². The Kier molecular flexibility index (Phi) is 2.21. The normalized spacial score (nSPS) is 10.2. The Morgan fingerprint density at radius 1 is 1.53 bits per heavy atom. The number of aromatic nitrogens is 2. The molecule has 0 saturated heterocycles. The van der Waals surface area contributed by atoms with Crippen LogP contribution in [0, 0.1) is 0 Å². The van der Waals surface area contributed by atoms with Crippen LogP contribution in [0.4, 0.5) is 5.69 Å². The molecule has 5 heteroatoms. The Bertz CT molecular complexity index is 530. The van der Waals surface area contributed by atoms with Crippen molar-refractivity contribution < 1.29 is 9.59 Å². The fourth-order valence-electron chi connectivity index (χ4n) is 1.39. The van der Waals surface area contributed by atoms with E-state index in [1.165, 1.54) is 0 Å². The summed E-state index contributed by atoms with van der Waals surface area (Å²) in [6, 6.07) is 5.28. The summed E-state index contributed by atoms with van der Waals surface area (Å²) in [6.07, 6.45) is 1.93. The lowest BCUT2D eigenvalue weighted by molar-refractivity contribution is -0.127. The van der Waals surface area contributed by atoms with Crippen LogP contribution in [0.25, 0.3) is 11.0 Å². The number of imidazole rings is 1. The topological polar surface area (TPSA) is 64.0 Å². The number of carbonyl (C=O) groups is 2. The number of benzene rings is 1. The third-order valence-corrected chi connectivity index (χ3v) is 2.10. The summed E-state index contributed by atoms with van der Waals surface area (Å²) in [5, 5.41) is 2.44. The molecule has 0 aliphatic carbocycles. The molecule has 0 spiro atoms. The van der Waals surface area contributed by atoms with Crippen LogP contribution in [-0.4, -0.2) is 21.7 Å². The predicted octanol–water partition coefficient (Wildman–Crippen LogP) is 0.711. The third-order valence-electron chi connectivity index (χ3n) is 2.10. The molecule has 0 fully saturated rings. The van der Waals surface area contributed by atoms with Crippen LogP contribution in [0.15, 0.2) is 24.5 Å². The van der Waals surface area contributed by atoms with Gasteiger partial charge in [0.2, 0.25) is 6.29 Å². The van der Waals surface area contributed by atoms with E-state index in [0.29, 0.717) is 5.69 Å². The van der Waals surface area contributed by atoms with Crippen LogP contribution < -0.4 is 5.32 Å². The molecule has 76 valence electrons. The molecule has 0 atom stereocenters. The van der Waals surface area contributed by atoms with Crippen molar-refractivity contribution in [1.82, 2.24) is 9.55 Å². The fourth-order valence-corrected chi connectivity index (χ4v) is 1.39. The molecular weight excluding hydrogens is 194 g/mol. The molecule has 2 rings (SSSR count). The second-order valence-electron chi connectivity index (χ2n) is 3.17. The molecular formula is C10H9N3O2. The van der Waals surface area contributed by atoms with E-state index >= 15 is 0 Å². The first kappa shape index (κ1) is 9.39. The molecule has 15 heavy (non-hydrogen) atoms. The zero-order valence-corrected chi connectivity index (χ0v) is 8.10. The van der Waals surface area contributed by atoms with Gasteiger partial charge >= 0.3 is 0 Å². The van der Waals surface area contributed by atoms with Gasteiger partial charge in [-0.2, -0.15) is 0 Å². The van der Waals surface area contributed by atoms with Crippen molar-refractivity contribution >= 4 is 28.9 Å². The number of hydrogen-bond donors (Lipinski definition) is 1. The van der Waals surface area contributed by atoms with Gasteiger partial charge in [-0.05, 0) is 18.2 Å². The molecule has 2 aromatic rings. The fraction of sp³-hybridized carbons (Fsp3) is 0.100. The number of aryl methyl sites for hydroxylation is 1. The molecule has 1 heterocycles. The second-order valence-corrected chi connectivity index (χ2v) is 3.17. The average molecular weight is 203 g/mol. The quantitative estimate of drug-likeness (QED) is 0.577. The highest BCUT2D eigenvalue weighted by Crippen LogP contribution is 2.16. The van der Waals surface area contributed by atoms with Crippen molar-refractivity contribution in [3.63, 3.8) is 0 Å². The van der Waals surface area contributed by atoms with Gasteiger partial charge in [-0.25, -0.2) is 4.98 Å². The first-order valence-corrected chi connectivity index (χ1v) is 4.38. The van der Waals surface area contributed by atoms with Crippen LogP contribution in [0.2, 0.25) is 0 Å². The summed E-state index contributed by atoms with van der Waals surface area (Å²) >= 11 is 0. The number of hydrogen-bond acceptors (Lipinski definition) is 3. The zero-order chi connectivity index (χ0) is 10.8. The number of carbonyl (C=O) groups excluding carboxylic acids is 2. The summed E-state index contributed by atoms with van der Waals surface area (Å²) in [5.41, 5.74) is 2.32. The molecule has 0 bridgehead atoms. The lowest BCUT2D eigenvalue weighted by Gasteiger charge is -2.00. The maximum absolute atomic E-state index is 10.8. The van der Waals surface area contributed by atoms with E-state index in [1.807, 2.05) is 17.7 Å². The smallest absolute Gasteiger partial charge is 0.288 e. The van der Waals surface area contributed by atoms with Gasteiger partial charge in [0, 0.05) is 12.7 Å². The summed E-state index contributed by atoms with van der Waals surface area (Å²) in [6.45, 7) is 0. The second kappa shape index (κ2) is 3.53. The highest BCUT2D eigenvalue weighted by atomic mass is 16.2. The van der Waals surface area contributed by atoms with Gasteiger partial charge in [0.1, 0.15) is 0 Å². The predicted molar refractivity (Wildman–Crippen MR) is 55.4 cm³/mol. The van der Waals surface area contributed by atoms with Crippen molar-refractivity contribution in [3.8, 4) is 0 Å². The minimum atomic E-state index is -0.662. The third kappa shape index (κ3) is 1.71. The van der Waals surface area contributed by atoms with Gasteiger partial charge in [0.05, 0.1) is 17.4 Å². The van der Waals surface area contributed by atoms with Crippen molar-refractivity contribution in [2.75, 3.05) is 5.32 Å². The molecule has 0 saturated carbocycles. The van der Waals surface area contributed by atoms with Gasteiger partial charge in [0.15, 0.2) is 0 Å². The van der Waals surface area contributed by atoms with E-state index in [9.17, 15) is 9.59 Å². The van der Waals surface area contributed by atoms with Crippen LogP contribution >= 0.6 is 0 Å². The van der Waals surface area contributed by atoms with E-state index in [4.69, 9.17) is 0 Å². The van der Waals surface area contributed by atoms with E-state index in [0.717, 1.165) is 11.0 Å². The first-order chi connectivity index (χ1) is 7.20.